The number of amides is 1. The van der Waals surface area contributed by atoms with Gasteiger partial charge in [0.2, 0.25) is 0 Å². The molecule has 2 atom stereocenters. The van der Waals surface area contributed by atoms with Crippen molar-refractivity contribution in [1.82, 2.24) is 5.32 Å². The molecule has 4 N–H and O–H groups in total. The molecule has 0 aromatic heterocycles. The molecule has 1 rings (SSSR count). The molecular weight excluding hydrogens is 236 g/mol. The second-order valence-electron chi connectivity index (χ2n) is 5.80. The Morgan fingerprint density at radius 3 is 2.72 bits per heavy atom. The number of hydrogen-bond acceptors (Lipinski definition) is 5. The first-order valence-electron chi connectivity index (χ1n) is 6.23. The highest BCUT2D eigenvalue weighted by atomic mass is 16.6. The Morgan fingerprint density at radius 2 is 2.28 bits per heavy atom. The van der Waals surface area contributed by atoms with Crippen molar-refractivity contribution < 1.29 is 19.4 Å². The van der Waals surface area contributed by atoms with E-state index in [-0.39, 0.29) is 6.54 Å². The van der Waals surface area contributed by atoms with Crippen LogP contribution in [0.5, 0.6) is 0 Å². The molecule has 1 fully saturated rings. The molecular formula is C12H24N2O4. The van der Waals surface area contributed by atoms with Crippen LogP contribution in [0.15, 0.2) is 0 Å². The van der Waals surface area contributed by atoms with E-state index in [2.05, 4.69) is 5.32 Å². The third-order valence-electron chi connectivity index (χ3n) is 2.77. The number of carbonyl (C=O) groups is 1. The molecule has 0 radical (unpaired) electrons. The SMILES string of the molecule is CC(C)(C)OC(=O)NC1(CC(O)CN)CCOC1. The van der Waals surface area contributed by atoms with Gasteiger partial charge in [-0.1, -0.05) is 0 Å². The predicted octanol–water partition coefficient (Wildman–Crippen LogP) is 0.380. The van der Waals surface area contributed by atoms with E-state index in [0.717, 1.165) is 0 Å². The molecule has 18 heavy (non-hydrogen) atoms. The van der Waals surface area contributed by atoms with Gasteiger partial charge < -0.3 is 25.6 Å². The molecule has 1 heterocycles. The predicted molar refractivity (Wildman–Crippen MR) is 67.2 cm³/mol. The van der Waals surface area contributed by atoms with Gasteiger partial charge in [-0.2, -0.15) is 0 Å². The summed E-state index contributed by atoms with van der Waals surface area (Å²) in [7, 11) is 0. The highest BCUT2D eigenvalue weighted by Gasteiger charge is 2.39. The Kier molecular flexibility index (Phi) is 4.95. The van der Waals surface area contributed by atoms with Crippen LogP contribution < -0.4 is 11.1 Å². The Hall–Kier alpha value is -0.850. The van der Waals surface area contributed by atoms with E-state index in [1.165, 1.54) is 0 Å². The summed E-state index contributed by atoms with van der Waals surface area (Å²) in [6, 6.07) is 0. The van der Waals surface area contributed by atoms with E-state index in [1.807, 2.05) is 0 Å². The minimum Gasteiger partial charge on any atom is -0.444 e. The van der Waals surface area contributed by atoms with Crippen molar-refractivity contribution in [3.63, 3.8) is 0 Å². The highest BCUT2D eigenvalue weighted by molar-refractivity contribution is 5.68. The lowest BCUT2D eigenvalue weighted by Gasteiger charge is -2.31. The number of nitrogens with one attached hydrogen (secondary N) is 1. The van der Waals surface area contributed by atoms with Crippen LogP contribution in [0.3, 0.4) is 0 Å². The standard InChI is InChI=1S/C12H24N2O4/c1-11(2,3)18-10(16)14-12(4-5-17-8-12)6-9(15)7-13/h9,15H,4-8,13H2,1-3H3,(H,14,16). The summed E-state index contributed by atoms with van der Waals surface area (Å²) in [4.78, 5) is 11.8. The molecule has 2 unspecified atom stereocenters. The number of carbonyl (C=O) groups excluding carboxylic acids is 1. The summed E-state index contributed by atoms with van der Waals surface area (Å²) in [6.45, 7) is 6.52. The van der Waals surface area contributed by atoms with E-state index < -0.39 is 23.3 Å². The van der Waals surface area contributed by atoms with Gasteiger partial charge in [-0.15, -0.1) is 0 Å². The van der Waals surface area contributed by atoms with E-state index in [0.29, 0.717) is 26.1 Å². The quantitative estimate of drug-likeness (QED) is 0.679. The van der Waals surface area contributed by atoms with Crippen molar-refractivity contribution in [3.05, 3.63) is 0 Å². The maximum atomic E-state index is 11.8. The summed E-state index contributed by atoms with van der Waals surface area (Å²) < 4.78 is 10.5. The first-order chi connectivity index (χ1) is 8.26. The minimum atomic E-state index is -0.651. The smallest absolute Gasteiger partial charge is 0.408 e. The number of nitrogens with two attached hydrogens (primary N) is 1. The van der Waals surface area contributed by atoms with E-state index >= 15 is 0 Å². The molecule has 6 heteroatoms. The second kappa shape index (κ2) is 5.86. The van der Waals surface area contributed by atoms with Crippen LogP contribution in [0.2, 0.25) is 0 Å². The highest BCUT2D eigenvalue weighted by Crippen LogP contribution is 2.24. The third-order valence-corrected chi connectivity index (χ3v) is 2.77. The topological polar surface area (TPSA) is 93.8 Å². The van der Waals surface area contributed by atoms with Crippen LogP contribution >= 0.6 is 0 Å². The lowest BCUT2D eigenvalue weighted by molar-refractivity contribution is 0.0382. The number of rotatable bonds is 4. The van der Waals surface area contributed by atoms with Gasteiger partial charge in [0.25, 0.3) is 0 Å². The number of ether oxygens (including phenoxy) is 2. The summed E-state index contributed by atoms with van der Waals surface area (Å²) >= 11 is 0. The molecule has 0 saturated carbocycles. The van der Waals surface area contributed by atoms with Gasteiger partial charge in [-0.3, -0.25) is 0 Å². The molecule has 0 aliphatic carbocycles. The van der Waals surface area contributed by atoms with E-state index in [9.17, 15) is 9.90 Å². The molecule has 1 saturated heterocycles. The van der Waals surface area contributed by atoms with E-state index in [4.69, 9.17) is 15.2 Å². The molecule has 1 aliphatic rings. The van der Waals surface area contributed by atoms with Gasteiger partial charge in [0.05, 0.1) is 18.2 Å². The average molecular weight is 260 g/mol. The zero-order chi connectivity index (χ0) is 13.8. The normalized spacial score (nSPS) is 25.8. The van der Waals surface area contributed by atoms with Crippen molar-refractivity contribution >= 4 is 6.09 Å². The van der Waals surface area contributed by atoms with Gasteiger partial charge in [-0.25, -0.2) is 4.79 Å². The average Bonchev–Trinajstić information content (AvgIpc) is 2.62. The summed E-state index contributed by atoms with van der Waals surface area (Å²) in [5, 5.41) is 12.5. The lowest BCUT2D eigenvalue weighted by Crippen LogP contribution is -2.53. The van der Waals surface area contributed by atoms with Gasteiger partial charge in [0.15, 0.2) is 0 Å². The van der Waals surface area contributed by atoms with Crippen LogP contribution in [-0.2, 0) is 9.47 Å². The first kappa shape index (κ1) is 15.2. The Bertz CT molecular complexity index is 282. The molecule has 0 spiro atoms. The Balaban J connectivity index is 2.60. The van der Waals surface area contributed by atoms with Crippen molar-refractivity contribution in [2.24, 2.45) is 5.73 Å². The molecule has 0 aromatic carbocycles. The minimum absolute atomic E-state index is 0.164. The van der Waals surface area contributed by atoms with Crippen LogP contribution in [0.4, 0.5) is 4.79 Å². The molecule has 106 valence electrons. The molecule has 0 bridgehead atoms. The molecule has 1 amide bonds. The fourth-order valence-electron chi connectivity index (χ4n) is 1.97. The lowest BCUT2D eigenvalue weighted by atomic mass is 9.91. The number of aliphatic hydroxyl groups excluding tert-OH is 1. The van der Waals surface area contributed by atoms with Gasteiger partial charge >= 0.3 is 6.09 Å². The number of aliphatic hydroxyl groups is 1. The fourth-order valence-corrected chi connectivity index (χ4v) is 1.97. The van der Waals surface area contributed by atoms with Crippen molar-refractivity contribution in [3.8, 4) is 0 Å². The first-order valence-corrected chi connectivity index (χ1v) is 6.23. The van der Waals surface area contributed by atoms with Gasteiger partial charge in [0, 0.05) is 19.6 Å². The summed E-state index contributed by atoms with van der Waals surface area (Å²) in [6.07, 6.45) is -0.106. The largest absolute Gasteiger partial charge is 0.444 e. The maximum Gasteiger partial charge on any atom is 0.408 e. The monoisotopic (exact) mass is 260 g/mol. The third kappa shape index (κ3) is 4.80. The Labute approximate surface area is 108 Å². The van der Waals surface area contributed by atoms with Crippen LogP contribution in [0.1, 0.15) is 33.6 Å². The zero-order valence-corrected chi connectivity index (χ0v) is 11.4. The van der Waals surface area contributed by atoms with Crippen LogP contribution in [0.25, 0.3) is 0 Å². The van der Waals surface area contributed by atoms with Crippen molar-refractivity contribution in [2.75, 3.05) is 19.8 Å². The molecule has 1 aliphatic heterocycles. The Morgan fingerprint density at radius 1 is 1.61 bits per heavy atom. The summed E-state index contributed by atoms with van der Waals surface area (Å²) in [5.74, 6) is 0. The number of alkyl carbamates (subject to hydrolysis) is 1. The fraction of sp³-hybridized carbons (Fsp3) is 0.917. The van der Waals surface area contributed by atoms with Crippen molar-refractivity contribution in [2.45, 2.75) is 50.9 Å². The summed E-state index contributed by atoms with van der Waals surface area (Å²) in [5.41, 5.74) is 4.29. The van der Waals surface area contributed by atoms with Gasteiger partial charge in [-0.05, 0) is 27.2 Å². The molecule has 0 aromatic rings. The van der Waals surface area contributed by atoms with Crippen LogP contribution in [-0.4, -0.2) is 48.2 Å². The van der Waals surface area contributed by atoms with Crippen LogP contribution in [0, 0.1) is 0 Å². The number of hydrogen-bond donors (Lipinski definition) is 3. The second-order valence-corrected chi connectivity index (χ2v) is 5.80. The van der Waals surface area contributed by atoms with Crippen molar-refractivity contribution in [1.29, 1.82) is 0 Å². The van der Waals surface area contributed by atoms with E-state index in [1.54, 1.807) is 20.8 Å². The molecule has 6 nitrogen and oxygen atoms in total. The maximum absolute atomic E-state index is 11.8. The zero-order valence-electron chi connectivity index (χ0n) is 11.4. The van der Waals surface area contributed by atoms with Gasteiger partial charge in [0.1, 0.15) is 5.60 Å².